The average molecular weight is 445 g/mol. The third-order valence-electron chi connectivity index (χ3n) is 6.24. The number of rotatable bonds is 6. The van der Waals surface area contributed by atoms with Crippen LogP contribution in [0, 0.1) is 18.8 Å². The number of aryl methyl sites for hydroxylation is 2. The number of likely N-dealkylation sites (tertiary alicyclic amines) is 1. The van der Waals surface area contributed by atoms with E-state index < -0.39 is 12.1 Å². The number of thiazole rings is 1. The van der Waals surface area contributed by atoms with Gasteiger partial charge in [0, 0.05) is 24.9 Å². The van der Waals surface area contributed by atoms with Gasteiger partial charge >= 0.3 is 5.97 Å². The Bertz CT molecular complexity index is 946. The molecule has 2 fully saturated rings. The lowest BCUT2D eigenvalue weighted by atomic mass is 9.78. The number of carbonyl (C=O) groups excluding carboxylic acids is 2. The van der Waals surface area contributed by atoms with Gasteiger partial charge in [0.1, 0.15) is 11.9 Å². The molecule has 31 heavy (non-hydrogen) atoms. The van der Waals surface area contributed by atoms with Crippen molar-refractivity contribution in [2.45, 2.75) is 44.8 Å². The van der Waals surface area contributed by atoms with E-state index in [0.717, 1.165) is 10.7 Å². The molecule has 4 rings (SSSR count). The molecule has 1 saturated heterocycles. The van der Waals surface area contributed by atoms with E-state index in [1.54, 1.807) is 35.6 Å². The topological polar surface area (TPSA) is 89.0 Å². The first-order valence-electron chi connectivity index (χ1n) is 10.6. The number of aliphatic hydroxyl groups excluding tert-OH is 1. The molecule has 1 amide bonds. The fourth-order valence-electron chi connectivity index (χ4n) is 4.63. The van der Waals surface area contributed by atoms with Gasteiger partial charge in [-0.25, -0.2) is 9.78 Å². The Kier molecular flexibility index (Phi) is 6.57. The van der Waals surface area contributed by atoms with Crippen LogP contribution in [0.3, 0.4) is 0 Å². The second-order valence-electron chi connectivity index (χ2n) is 8.39. The zero-order chi connectivity index (χ0) is 22.0. The van der Waals surface area contributed by atoms with Gasteiger partial charge in [-0.2, -0.15) is 0 Å². The van der Waals surface area contributed by atoms with E-state index >= 15 is 0 Å². The summed E-state index contributed by atoms with van der Waals surface area (Å²) in [5.41, 5.74) is 1.39. The maximum absolute atomic E-state index is 12.7. The number of carbonyl (C=O) groups is 2. The van der Waals surface area contributed by atoms with Crippen molar-refractivity contribution in [1.82, 2.24) is 9.88 Å². The Morgan fingerprint density at radius 2 is 2.03 bits per heavy atom. The summed E-state index contributed by atoms with van der Waals surface area (Å²) in [5.74, 6) is 0.865. The maximum atomic E-state index is 12.7. The van der Waals surface area contributed by atoms with Gasteiger partial charge in [-0.15, -0.1) is 11.3 Å². The molecule has 0 bridgehead atoms. The molecule has 1 aliphatic carbocycles. The Hall–Kier alpha value is -2.45. The zero-order valence-corrected chi connectivity index (χ0v) is 18.6. The van der Waals surface area contributed by atoms with E-state index in [1.807, 2.05) is 17.2 Å². The Morgan fingerprint density at radius 3 is 2.74 bits per heavy atom. The predicted octanol–water partition coefficient (Wildman–Crippen LogP) is 2.85. The van der Waals surface area contributed by atoms with Crippen molar-refractivity contribution in [3.05, 3.63) is 45.9 Å². The highest BCUT2D eigenvalue weighted by Crippen LogP contribution is 2.38. The SMILES string of the molecule is COC(=O)c1cccc(O[C@@H]2C[C@@H]3CN(C(=O)CCc4csc(C)n4)C[C@@H]3C[C@H]2O)c1. The van der Waals surface area contributed by atoms with Crippen molar-refractivity contribution in [2.75, 3.05) is 20.2 Å². The van der Waals surface area contributed by atoms with Gasteiger partial charge in [0.25, 0.3) is 0 Å². The average Bonchev–Trinajstić information content (AvgIpc) is 3.37. The van der Waals surface area contributed by atoms with Gasteiger partial charge in [-0.3, -0.25) is 4.79 Å². The Balaban J connectivity index is 1.33. The summed E-state index contributed by atoms with van der Waals surface area (Å²) in [6, 6.07) is 6.81. The zero-order valence-electron chi connectivity index (χ0n) is 17.8. The summed E-state index contributed by atoms with van der Waals surface area (Å²) >= 11 is 1.61. The Labute approximate surface area is 186 Å². The predicted molar refractivity (Wildman–Crippen MR) is 116 cm³/mol. The number of hydrogen-bond donors (Lipinski definition) is 1. The van der Waals surface area contributed by atoms with Crippen molar-refractivity contribution in [3.63, 3.8) is 0 Å². The molecule has 0 radical (unpaired) electrons. The number of methoxy groups -OCH3 is 1. The Morgan fingerprint density at radius 1 is 1.26 bits per heavy atom. The molecule has 1 aromatic carbocycles. The molecule has 8 heteroatoms. The maximum Gasteiger partial charge on any atom is 0.337 e. The lowest BCUT2D eigenvalue weighted by Crippen LogP contribution is -2.42. The van der Waals surface area contributed by atoms with Gasteiger partial charge in [0.15, 0.2) is 0 Å². The van der Waals surface area contributed by atoms with E-state index in [9.17, 15) is 14.7 Å². The fraction of sp³-hybridized carbons (Fsp3) is 0.522. The smallest absolute Gasteiger partial charge is 0.337 e. The molecule has 2 aromatic rings. The standard InChI is InChI=1S/C23H28N2O5S/c1-14-24-18(13-31-14)6-7-22(27)25-11-16-9-20(26)21(10-17(16)12-25)30-19-5-3-4-15(8-19)23(28)29-2/h3-5,8,13,16-17,20-21,26H,6-7,9-12H2,1-2H3/t16-,17+,20+,21+/m0/s1. The molecule has 1 N–H and O–H groups in total. The lowest BCUT2D eigenvalue weighted by Gasteiger charge is -2.35. The van der Waals surface area contributed by atoms with Gasteiger partial charge in [-0.05, 0) is 56.2 Å². The minimum Gasteiger partial charge on any atom is -0.488 e. The van der Waals surface area contributed by atoms with E-state index in [0.29, 0.717) is 61.9 Å². The number of aromatic nitrogens is 1. The fourth-order valence-corrected chi connectivity index (χ4v) is 5.27. The molecule has 7 nitrogen and oxygen atoms in total. The molecule has 166 valence electrons. The van der Waals surface area contributed by atoms with Crippen molar-refractivity contribution in [1.29, 1.82) is 0 Å². The van der Waals surface area contributed by atoms with Crippen LogP contribution in [0.25, 0.3) is 0 Å². The van der Waals surface area contributed by atoms with Gasteiger partial charge in [0.05, 0.1) is 29.5 Å². The summed E-state index contributed by atoms with van der Waals surface area (Å²) in [7, 11) is 1.34. The summed E-state index contributed by atoms with van der Waals surface area (Å²) in [4.78, 5) is 30.8. The lowest BCUT2D eigenvalue weighted by molar-refractivity contribution is -0.130. The van der Waals surface area contributed by atoms with Crippen LogP contribution in [0.5, 0.6) is 5.75 Å². The van der Waals surface area contributed by atoms with Gasteiger partial charge in [0.2, 0.25) is 5.91 Å². The molecule has 1 aliphatic heterocycles. The molecule has 0 spiro atoms. The van der Waals surface area contributed by atoms with Crippen molar-refractivity contribution < 1.29 is 24.2 Å². The molecule has 1 saturated carbocycles. The first kappa shape index (κ1) is 21.8. The molecular weight excluding hydrogens is 416 g/mol. The number of amides is 1. The third-order valence-corrected chi connectivity index (χ3v) is 7.06. The van der Waals surface area contributed by atoms with Crippen LogP contribution in [0.1, 0.15) is 40.3 Å². The second kappa shape index (κ2) is 9.36. The largest absolute Gasteiger partial charge is 0.488 e. The summed E-state index contributed by atoms with van der Waals surface area (Å²) in [6.07, 6.45) is 1.47. The summed E-state index contributed by atoms with van der Waals surface area (Å²) in [5, 5.41) is 13.7. The number of fused-ring (bicyclic) bond motifs is 1. The van der Waals surface area contributed by atoms with Crippen LogP contribution in [0.15, 0.2) is 29.6 Å². The molecule has 1 aromatic heterocycles. The summed E-state index contributed by atoms with van der Waals surface area (Å²) < 4.78 is 10.8. The van der Waals surface area contributed by atoms with Crippen LogP contribution in [-0.4, -0.2) is 59.3 Å². The van der Waals surface area contributed by atoms with Crippen molar-refractivity contribution >= 4 is 23.2 Å². The van der Waals surface area contributed by atoms with E-state index in [-0.39, 0.29) is 12.0 Å². The number of ether oxygens (including phenoxy) is 2. The van der Waals surface area contributed by atoms with E-state index in [1.165, 1.54) is 7.11 Å². The number of nitrogens with zero attached hydrogens (tertiary/aromatic N) is 2. The number of esters is 1. The summed E-state index contributed by atoms with van der Waals surface area (Å²) in [6.45, 7) is 3.37. The minimum absolute atomic E-state index is 0.151. The van der Waals surface area contributed by atoms with E-state index in [2.05, 4.69) is 4.98 Å². The monoisotopic (exact) mass is 444 g/mol. The molecule has 4 atom stereocenters. The number of benzene rings is 1. The van der Waals surface area contributed by atoms with Crippen molar-refractivity contribution in [2.24, 2.45) is 11.8 Å². The van der Waals surface area contributed by atoms with Gasteiger partial charge < -0.3 is 19.5 Å². The van der Waals surface area contributed by atoms with Crippen LogP contribution < -0.4 is 4.74 Å². The molecule has 2 heterocycles. The van der Waals surface area contributed by atoms with Crippen LogP contribution in [0.4, 0.5) is 0 Å². The number of aliphatic hydroxyl groups is 1. The van der Waals surface area contributed by atoms with E-state index in [4.69, 9.17) is 9.47 Å². The molecular formula is C23H28N2O5S. The highest BCUT2D eigenvalue weighted by molar-refractivity contribution is 7.09. The van der Waals surface area contributed by atoms with Crippen LogP contribution in [-0.2, 0) is 16.0 Å². The molecule has 0 unspecified atom stereocenters. The van der Waals surface area contributed by atoms with Crippen molar-refractivity contribution in [3.8, 4) is 5.75 Å². The second-order valence-corrected chi connectivity index (χ2v) is 9.45. The minimum atomic E-state index is -0.601. The highest BCUT2D eigenvalue weighted by atomic mass is 32.1. The quantitative estimate of drug-likeness (QED) is 0.690. The first-order valence-corrected chi connectivity index (χ1v) is 11.5. The van der Waals surface area contributed by atoms with Crippen LogP contribution >= 0.6 is 11.3 Å². The third kappa shape index (κ3) is 5.07. The molecule has 2 aliphatic rings. The van der Waals surface area contributed by atoms with Gasteiger partial charge in [-0.1, -0.05) is 6.07 Å². The number of hydrogen-bond acceptors (Lipinski definition) is 7. The normalized spacial score (nSPS) is 25.2. The van der Waals surface area contributed by atoms with Crippen LogP contribution in [0.2, 0.25) is 0 Å². The first-order chi connectivity index (χ1) is 14.9. The highest BCUT2D eigenvalue weighted by Gasteiger charge is 2.43.